The van der Waals surface area contributed by atoms with Gasteiger partial charge in [0, 0.05) is 30.4 Å². The van der Waals surface area contributed by atoms with Gasteiger partial charge >= 0.3 is 0 Å². The Hall–Kier alpha value is -2.71. The molecule has 154 valence electrons. The van der Waals surface area contributed by atoms with Crippen LogP contribution in [0.5, 0.6) is 5.75 Å². The van der Waals surface area contributed by atoms with Crippen molar-refractivity contribution in [1.29, 1.82) is 0 Å². The average molecular weight is 421 g/mol. The molecule has 0 radical (unpaired) electrons. The molecule has 1 aromatic carbocycles. The number of aliphatic hydroxyl groups is 1. The van der Waals surface area contributed by atoms with E-state index in [1.54, 1.807) is 13.8 Å². The van der Waals surface area contributed by atoms with Gasteiger partial charge in [0.15, 0.2) is 5.82 Å². The van der Waals surface area contributed by atoms with Crippen LogP contribution in [0.25, 0.3) is 5.57 Å². The van der Waals surface area contributed by atoms with Gasteiger partial charge < -0.3 is 20.5 Å². The molecule has 0 bridgehead atoms. The van der Waals surface area contributed by atoms with Gasteiger partial charge in [-0.2, -0.15) is 0 Å². The average Bonchev–Trinajstić information content (AvgIpc) is 3.07. The number of halogens is 2. The SMILES string of the molecule is Cc1nc(C2=C(N)CN(C(=O)c3ccc(F)cc3OCCCO)C2)nc(C)c1Cl. The second-order valence-corrected chi connectivity index (χ2v) is 7.14. The molecule has 1 aliphatic heterocycles. The van der Waals surface area contributed by atoms with E-state index in [4.69, 9.17) is 27.2 Å². The Morgan fingerprint density at radius 3 is 2.66 bits per heavy atom. The fourth-order valence-electron chi connectivity index (χ4n) is 3.05. The molecule has 2 aromatic rings. The van der Waals surface area contributed by atoms with E-state index in [0.717, 1.165) is 6.07 Å². The summed E-state index contributed by atoms with van der Waals surface area (Å²) in [4.78, 5) is 23.4. The van der Waals surface area contributed by atoms with Crippen molar-refractivity contribution in [1.82, 2.24) is 14.9 Å². The van der Waals surface area contributed by atoms with E-state index in [9.17, 15) is 9.18 Å². The van der Waals surface area contributed by atoms with Gasteiger partial charge in [-0.15, -0.1) is 0 Å². The van der Waals surface area contributed by atoms with Gasteiger partial charge in [-0.05, 0) is 26.0 Å². The molecular formula is C20H22ClFN4O3. The number of carbonyl (C=O) groups excluding carboxylic acids is 1. The van der Waals surface area contributed by atoms with Gasteiger partial charge in [0.05, 0.1) is 41.7 Å². The monoisotopic (exact) mass is 420 g/mol. The summed E-state index contributed by atoms with van der Waals surface area (Å²) in [6, 6.07) is 3.75. The molecule has 0 saturated carbocycles. The number of amides is 1. The highest BCUT2D eigenvalue weighted by molar-refractivity contribution is 6.31. The molecule has 7 nitrogen and oxygen atoms in total. The van der Waals surface area contributed by atoms with Crippen molar-refractivity contribution >= 4 is 23.1 Å². The van der Waals surface area contributed by atoms with Crippen LogP contribution in [-0.2, 0) is 0 Å². The first kappa shape index (κ1) is 21.0. The molecule has 0 spiro atoms. The maximum Gasteiger partial charge on any atom is 0.258 e. The summed E-state index contributed by atoms with van der Waals surface area (Å²) >= 11 is 6.14. The molecule has 1 aromatic heterocycles. The summed E-state index contributed by atoms with van der Waals surface area (Å²) in [5, 5.41) is 9.40. The third-order valence-corrected chi connectivity index (χ3v) is 5.12. The molecule has 0 saturated heterocycles. The number of benzene rings is 1. The smallest absolute Gasteiger partial charge is 0.258 e. The lowest BCUT2D eigenvalue weighted by Crippen LogP contribution is -2.30. The van der Waals surface area contributed by atoms with E-state index in [1.807, 2.05) is 0 Å². The Labute approximate surface area is 173 Å². The van der Waals surface area contributed by atoms with E-state index in [0.29, 0.717) is 39.9 Å². The van der Waals surface area contributed by atoms with Crippen LogP contribution in [0.4, 0.5) is 4.39 Å². The number of rotatable bonds is 6. The van der Waals surface area contributed by atoms with E-state index in [-0.39, 0.29) is 43.5 Å². The van der Waals surface area contributed by atoms with Crippen LogP contribution in [0.15, 0.2) is 23.9 Å². The first-order valence-electron chi connectivity index (χ1n) is 9.13. The lowest BCUT2D eigenvalue weighted by molar-refractivity contribution is 0.0794. The summed E-state index contributed by atoms with van der Waals surface area (Å²) < 4.78 is 19.1. The maximum atomic E-state index is 13.6. The fourth-order valence-corrected chi connectivity index (χ4v) is 3.14. The van der Waals surface area contributed by atoms with Crippen molar-refractivity contribution in [2.24, 2.45) is 5.73 Å². The molecule has 9 heteroatoms. The minimum Gasteiger partial charge on any atom is -0.493 e. The van der Waals surface area contributed by atoms with E-state index < -0.39 is 5.82 Å². The number of hydrogen-bond acceptors (Lipinski definition) is 6. The summed E-state index contributed by atoms with van der Waals surface area (Å²) in [6.07, 6.45) is 0.374. The van der Waals surface area contributed by atoms with Crippen LogP contribution in [0.2, 0.25) is 5.02 Å². The molecule has 3 rings (SSSR count). The number of aryl methyl sites for hydroxylation is 2. The molecule has 0 atom stereocenters. The highest BCUT2D eigenvalue weighted by Crippen LogP contribution is 2.28. The molecule has 1 amide bonds. The highest BCUT2D eigenvalue weighted by atomic mass is 35.5. The zero-order chi connectivity index (χ0) is 21.1. The third-order valence-electron chi connectivity index (χ3n) is 4.57. The molecule has 29 heavy (non-hydrogen) atoms. The van der Waals surface area contributed by atoms with E-state index in [1.165, 1.54) is 17.0 Å². The number of carbonyl (C=O) groups is 1. The highest BCUT2D eigenvalue weighted by Gasteiger charge is 2.29. The largest absolute Gasteiger partial charge is 0.493 e. The third kappa shape index (κ3) is 4.49. The van der Waals surface area contributed by atoms with Gasteiger partial charge in [0.2, 0.25) is 0 Å². The summed E-state index contributed by atoms with van der Waals surface area (Å²) in [5.41, 5.74) is 8.82. The second-order valence-electron chi connectivity index (χ2n) is 6.76. The van der Waals surface area contributed by atoms with Crippen LogP contribution < -0.4 is 10.5 Å². The van der Waals surface area contributed by atoms with Gasteiger partial charge in [-0.25, -0.2) is 14.4 Å². The molecule has 3 N–H and O–H groups in total. The molecule has 1 aliphatic rings. The lowest BCUT2D eigenvalue weighted by atomic mass is 10.1. The minimum atomic E-state index is -0.513. The number of nitrogens with zero attached hydrogens (tertiary/aromatic N) is 3. The van der Waals surface area contributed by atoms with Crippen molar-refractivity contribution in [2.75, 3.05) is 26.3 Å². The molecule has 2 heterocycles. The van der Waals surface area contributed by atoms with Gasteiger partial charge in [-0.1, -0.05) is 11.6 Å². The standard InChI is InChI=1S/C20H22ClFN4O3/c1-11-18(21)12(2)25-19(24-11)15-9-26(10-16(15)23)20(28)14-5-4-13(22)8-17(14)29-7-3-6-27/h4-5,8,27H,3,6-7,9-10,23H2,1-2H3. The lowest BCUT2D eigenvalue weighted by Gasteiger charge is -2.19. The summed E-state index contributed by atoms with van der Waals surface area (Å²) in [5.74, 6) is -0.286. The number of ether oxygens (including phenoxy) is 1. The van der Waals surface area contributed by atoms with Gasteiger partial charge in [-0.3, -0.25) is 4.79 Å². The normalized spacial score (nSPS) is 13.9. The number of aromatic nitrogens is 2. The van der Waals surface area contributed by atoms with E-state index in [2.05, 4.69) is 9.97 Å². The van der Waals surface area contributed by atoms with Crippen molar-refractivity contribution in [2.45, 2.75) is 20.3 Å². The first-order chi connectivity index (χ1) is 13.8. The topological polar surface area (TPSA) is 102 Å². The number of aliphatic hydroxyl groups excluding tert-OH is 1. The number of nitrogens with two attached hydrogens (primary N) is 1. The van der Waals surface area contributed by atoms with Gasteiger partial charge in [0.1, 0.15) is 11.6 Å². The molecule has 0 fully saturated rings. The maximum absolute atomic E-state index is 13.6. The van der Waals surface area contributed by atoms with Crippen LogP contribution >= 0.6 is 11.6 Å². The van der Waals surface area contributed by atoms with Crippen molar-refractivity contribution in [3.8, 4) is 5.75 Å². The van der Waals surface area contributed by atoms with Crippen LogP contribution in [0.1, 0.15) is 34.0 Å². The Bertz CT molecular complexity index is 957. The summed E-state index contributed by atoms with van der Waals surface area (Å²) in [7, 11) is 0. The van der Waals surface area contributed by atoms with Crippen molar-refractivity contribution in [3.05, 3.63) is 57.5 Å². The molecule has 0 aliphatic carbocycles. The summed E-state index contributed by atoms with van der Waals surface area (Å²) in [6.45, 7) is 4.09. The quantitative estimate of drug-likeness (QED) is 0.696. The van der Waals surface area contributed by atoms with Gasteiger partial charge in [0.25, 0.3) is 5.91 Å². The zero-order valence-electron chi connectivity index (χ0n) is 16.2. The van der Waals surface area contributed by atoms with E-state index >= 15 is 0 Å². The predicted molar refractivity (Wildman–Crippen MR) is 107 cm³/mol. The van der Waals surface area contributed by atoms with Crippen molar-refractivity contribution in [3.63, 3.8) is 0 Å². The first-order valence-corrected chi connectivity index (χ1v) is 9.50. The predicted octanol–water partition coefficient (Wildman–Crippen LogP) is 2.47. The fraction of sp³-hybridized carbons (Fsp3) is 0.350. The Kier molecular flexibility index (Phi) is 6.34. The Morgan fingerprint density at radius 2 is 2.00 bits per heavy atom. The van der Waals surface area contributed by atoms with Crippen molar-refractivity contribution < 1.29 is 19.0 Å². The Morgan fingerprint density at radius 1 is 1.31 bits per heavy atom. The van der Waals surface area contributed by atoms with Crippen LogP contribution in [0.3, 0.4) is 0 Å². The van der Waals surface area contributed by atoms with Crippen LogP contribution in [-0.4, -0.2) is 52.2 Å². The minimum absolute atomic E-state index is 0.0611. The second kappa shape index (κ2) is 8.75. The Balaban J connectivity index is 1.83. The number of hydrogen-bond donors (Lipinski definition) is 2. The van der Waals surface area contributed by atoms with Crippen LogP contribution in [0, 0.1) is 19.7 Å². The molecule has 0 unspecified atom stereocenters. The zero-order valence-corrected chi connectivity index (χ0v) is 17.0. The molecular weight excluding hydrogens is 399 g/mol.